The molecule has 0 aliphatic carbocycles. The van der Waals surface area contributed by atoms with Crippen LogP contribution in [0.1, 0.15) is 37.3 Å². The summed E-state index contributed by atoms with van der Waals surface area (Å²) in [5, 5.41) is 12.3. The van der Waals surface area contributed by atoms with Gasteiger partial charge in [-0.15, -0.1) is 0 Å². The van der Waals surface area contributed by atoms with Gasteiger partial charge in [-0.1, -0.05) is 37.6 Å². The summed E-state index contributed by atoms with van der Waals surface area (Å²) < 4.78 is 0. The summed E-state index contributed by atoms with van der Waals surface area (Å²) in [6.45, 7) is 4.43. The summed E-state index contributed by atoms with van der Waals surface area (Å²) in [5.74, 6) is 0.00778. The number of benzene rings is 1. The molecular weight excluding hydrogens is 226 g/mol. The molecule has 1 aromatic rings. The number of nitrogens with one attached hydrogen (secondary N) is 1. The van der Waals surface area contributed by atoms with Gasteiger partial charge in [-0.3, -0.25) is 4.79 Å². The Morgan fingerprint density at radius 1 is 1.39 bits per heavy atom. The molecule has 3 heteroatoms. The van der Waals surface area contributed by atoms with Gasteiger partial charge in [-0.05, 0) is 30.9 Å². The van der Waals surface area contributed by atoms with Gasteiger partial charge in [0.1, 0.15) is 0 Å². The third-order valence-corrected chi connectivity index (χ3v) is 3.04. The van der Waals surface area contributed by atoms with Gasteiger partial charge < -0.3 is 10.4 Å². The first-order valence-corrected chi connectivity index (χ1v) is 6.62. The van der Waals surface area contributed by atoms with Crippen LogP contribution in [-0.2, 0) is 11.2 Å². The minimum Gasteiger partial charge on any atom is -0.391 e. The molecule has 0 bridgehead atoms. The first kappa shape index (κ1) is 14.7. The van der Waals surface area contributed by atoms with Gasteiger partial charge in [-0.2, -0.15) is 0 Å². The topological polar surface area (TPSA) is 49.3 Å². The molecule has 1 aromatic carbocycles. The van der Waals surface area contributed by atoms with E-state index in [9.17, 15) is 9.90 Å². The predicted molar refractivity (Wildman–Crippen MR) is 73.4 cm³/mol. The smallest absolute Gasteiger partial charge is 0.220 e. The molecule has 2 N–H and O–H groups in total. The van der Waals surface area contributed by atoms with Crippen molar-refractivity contribution in [2.45, 2.75) is 45.6 Å². The van der Waals surface area contributed by atoms with Crippen LogP contribution in [0.25, 0.3) is 0 Å². The lowest BCUT2D eigenvalue weighted by molar-refractivity contribution is -0.121. The zero-order valence-corrected chi connectivity index (χ0v) is 11.3. The molecule has 0 fully saturated rings. The highest BCUT2D eigenvalue weighted by molar-refractivity contribution is 5.76. The molecule has 1 amide bonds. The van der Waals surface area contributed by atoms with Crippen molar-refractivity contribution in [3.8, 4) is 0 Å². The van der Waals surface area contributed by atoms with Crippen molar-refractivity contribution >= 4 is 5.91 Å². The maximum Gasteiger partial charge on any atom is 0.220 e. The van der Waals surface area contributed by atoms with Gasteiger partial charge in [0.05, 0.1) is 6.10 Å². The molecule has 0 spiro atoms. The second-order valence-electron chi connectivity index (χ2n) is 4.67. The fourth-order valence-corrected chi connectivity index (χ4v) is 1.89. The monoisotopic (exact) mass is 249 g/mol. The molecule has 1 rings (SSSR count). The fraction of sp³-hybridized carbons (Fsp3) is 0.533. The molecule has 0 saturated heterocycles. The second kappa shape index (κ2) is 7.88. The van der Waals surface area contributed by atoms with Gasteiger partial charge in [0.15, 0.2) is 0 Å². The zero-order chi connectivity index (χ0) is 13.4. The van der Waals surface area contributed by atoms with Crippen molar-refractivity contribution in [2.75, 3.05) is 6.54 Å². The second-order valence-corrected chi connectivity index (χ2v) is 4.67. The highest BCUT2D eigenvalue weighted by Gasteiger charge is 2.07. The maximum absolute atomic E-state index is 11.6. The Morgan fingerprint density at radius 3 is 2.78 bits per heavy atom. The summed E-state index contributed by atoms with van der Waals surface area (Å²) >= 11 is 0. The molecule has 1 atom stereocenters. The Balaban J connectivity index is 2.27. The highest BCUT2D eigenvalue weighted by Crippen LogP contribution is 2.09. The largest absolute Gasteiger partial charge is 0.391 e. The van der Waals surface area contributed by atoms with Gasteiger partial charge in [0.2, 0.25) is 5.91 Å². The van der Waals surface area contributed by atoms with Gasteiger partial charge in [0, 0.05) is 13.0 Å². The Labute approximate surface area is 109 Å². The first-order valence-electron chi connectivity index (χ1n) is 6.62. The van der Waals surface area contributed by atoms with Gasteiger partial charge in [-0.25, -0.2) is 0 Å². The Morgan fingerprint density at radius 2 is 2.11 bits per heavy atom. The number of amides is 1. The summed E-state index contributed by atoms with van der Waals surface area (Å²) in [7, 11) is 0. The van der Waals surface area contributed by atoms with E-state index in [0.29, 0.717) is 13.0 Å². The molecule has 0 radical (unpaired) electrons. The molecule has 0 aromatic heterocycles. The van der Waals surface area contributed by atoms with Crippen molar-refractivity contribution < 1.29 is 9.90 Å². The lowest BCUT2D eigenvalue weighted by Crippen LogP contribution is -2.32. The summed E-state index contributed by atoms with van der Waals surface area (Å²) in [6, 6.07) is 8.10. The molecule has 0 aliphatic rings. The number of carbonyl (C=O) groups is 1. The molecule has 3 nitrogen and oxygen atoms in total. The number of hydrogen-bond acceptors (Lipinski definition) is 2. The van der Waals surface area contributed by atoms with Crippen LogP contribution in [0.3, 0.4) is 0 Å². The minimum atomic E-state index is -0.419. The van der Waals surface area contributed by atoms with Crippen molar-refractivity contribution in [3.63, 3.8) is 0 Å². The molecular formula is C15H23NO2. The molecule has 0 aliphatic heterocycles. The third kappa shape index (κ3) is 5.32. The predicted octanol–water partition coefficient (Wildman–Crippen LogP) is 2.20. The maximum atomic E-state index is 11.6. The van der Waals surface area contributed by atoms with Crippen LogP contribution in [0.2, 0.25) is 0 Å². The van der Waals surface area contributed by atoms with E-state index in [0.717, 1.165) is 19.3 Å². The van der Waals surface area contributed by atoms with Gasteiger partial charge >= 0.3 is 0 Å². The lowest BCUT2D eigenvalue weighted by Gasteiger charge is -2.11. The van der Waals surface area contributed by atoms with E-state index in [1.54, 1.807) is 0 Å². The van der Waals surface area contributed by atoms with Crippen LogP contribution in [-0.4, -0.2) is 23.7 Å². The van der Waals surface area contributed by atoms with Crippen LogP contribution in [0.15, 0.2) is 24.3 Å². The first-order chi connectivity index (χ1) is 8.63. The highest BCUT2D eigenvalue weighted by atomic mass is 16.3. The SMILES string of the molecule is CCCC(O)CNC(=O)CCc1ccccc1C. The van der Waals surface area contributed by atoms with Crippen LogP contribution in [0.4, 0.5) is 0 Å². The summed E-state index contributed by atoms with van der Waals surface area (Å²) in [6.07, 6.45) is 2.47. The molecule has 1 unspecified atom stereocenters. The van der Waals surface area contributed by atoms with Gasteiger partial charge in [0.25, 0.3) is 0 Å². The van der Waals surface area contributed by atoms with Crippen molar-refractivity contribution in [1.29, 1.82) is 0 Å². The van der Waals surface area contributed by atoms with Crippen LogP contribution >= 0.6 is 0 Å². The molecule has 100 valence electrons. The molecule has 0 heterocycles. The van der Waals surface area contributed by atoms with E-state index in [1.807, 2.05) is 19.1 Å². The number of aryl methyl sites for hydroxylation is 2. The van der Waals surface area contributed by atoms with Crippen molar-refractivity contribution in [2.24, 2.45) is 0 Å². The average Bonchev–Trinajstić information content (AvgIpc) is 2.36. The van der Waals surface area contributed by atoms with Crippen LogP contribution in [0.5, 0.6) is 0 Å². The number of aliphatic hydroxyl groups excluding tert-OH is 1. The van der Waals surface area contributed by atoms with E-state index in [4.69, 9.17) is 0 Å². The van der Waals surface area contributed by atoms with E-state index in [1.165, 1.54) is 11.1 Å². The Kier molecular flexibility index (Phi) is 6.44. The molecule has 18 heavy (non-hydrogen) atoms. The zero-order valence-electron chi connectivity index (χ0n) is 11.3. The van der Waals surface area contributed by atoms with Crippen molar-refractivity contribution in [1.82, 2.24) is 5.32 Å². The average molecular weight is 249 g/mol. The molecule has 0 saturated carbocycles. The summed E-state index contributed by atoms with van der Waals surface area (Å²) in [5.41, 5.74) is 2.43. The third-order valence-electron chi connectivity index (χ3n) is 3.04. The number of aliphatic hydroxyl groups is 1. The van der Waals surface area contributed by atoms with E-state index >= 15 is 0 Å². The normalized spacial score (nSPS) is 12.2. The quantitative estimate of drug-likeness (QED) is 0.778. The lowest BCUT2D eigenvalue weighted by atomic mass is 10.0. The Bertz CT molecular complexity index is 377. The van der Waals surface area contributed by atoms with Crippen LogP contribution in [0, 0.1) is 6.92 Å². The number of hydrogen-bond donors (Lipinski definition) is 2. The van der Waals surface area contributed by atoms with E-state index in [-0.39, 0.29) is 5.91 Å². The van der Waals surface area contributed by atoms with E-state index in [2.05, 4.69) is 24.4 Å². The van der Waals surface area contributed by atoms with Crippen molar-refractivity contribution in [3.05, 3.63) is 35.4 Å². The summed E-state index contributed by atoms with van der Waals surface area (Å²) in [4.78, 5) is 11.6. The Hall–Kier alpha value is -1.35. The fourth-order valence-electron chi connectivity index (χ4n) is 1.89. The minimum absolute atomic E-state index is 0.00778. The van der Waals surface area contributed by atoms with Crippen LogP contribution < -0.4 is 5.32 Å². The number of rotatable bonds is 7. The van der Waals surface area contributed by atoms with E-state index < -0.39 is 6.10 Å². The standard InChI is InChI=1S/C15H23NO2/c1-3-6-14(17)11-16-15(18)10-9-13-8-5-4-7-12(13)2/h4-5,7-8,14,17H,3,6,9-11H2,1-2H3,(H,16,18). The number of carbonyl (C=O) groups excluding carboxylic acids is 1.